The zero-order chi connectivity index (χ0) is 13.3. The summed E-state index contributed by atoms with van der Waals surface area (Å²) < 4.78 is 7.98. The van der Waals surface area contributed by atoms with Gasteiger partial charge in [0.25, 0.3) is 0 Å². The Bertz CT molecular complexity index is 464. The number of carboxylic acid groups (broad SMARTS) is 1. The molecule has 5 nitrogen and oxygen atoms in total. The van der Waals surface area contributed by atoms with Gasteiger partial charge in [0.05, 0.1) is 27.9 Å². The van der Waals surface area contributed by atoms with E-state index in [-0.39, 0.29) is 6.61 Å². The summed E-state index contributed by atoms with van der Waals surface area (Å²) in [5.74, 6) is -0.786. The van der Waals surface area contributed by atoms with Gasteiger partial charge in [-0.1, -0.05) is 6.92 Å². The number of carboxylic acids is 1. The number of aryl methyl sites for hydroxylation is 2. The second-order valence-electron chi connectivity index (χ2n) is 4.75. The van der Waals surface area contributed by atoms with Crippen molar-refractivity contribution in [1.82, 2.24) is 9.78 Å². The van der Waals surface area contributed by atoms with Crippen molar-refractivity contribution in [3.63, 3.8) is 0 Å². The van der Waals surface area contributed by atoms with Crippen LogP contribution in [-0.4, -0.2) is 34.1 Å². The maximum absolute atomic E-state index is 11.5. The Labute approximate surface area is 114 Å². The third kappa shape index (κ3) is 2.19. The van der Waals surface area contributed by atoms with Crippen molar-refractivity contribution in [2.75, 3.05) is 13.2 Å². The summed E-state index contributed by atoms with van der Waals surface area (Å²) in [7, 11) is 1.85. The summed E-state index contributed by atoms with van der Waals surface area (Å²) in [4.78, 5) is 11.5. The molecule has 18 heavy (non-hydrogen) atoms. The SMILES string of the molecule is CCc1nn(C)c(CC2(C(=O)O)CCOC2)c1Br. The minimum Gasteiger partial charge on any atom is -0.481 e. The number of carbonyl (C=O) groups is 1. The quantitative estimate of drug-likeness (QED) is 0.919. The monoisotopic (exact) mass is 316 g/mol. The van der Waals surface area contributed by atoms with Crippen LogP contribution in [0.3, 0.4) is 0 Å². The molecule has 1 atom stereocenters. The highest BCUT2D eigenvalue weighted by Crippen LogP contribution is 2.35. The van der Waals surface area contributed by atoms with E-state index in [1.807, 2.05) is 14.0 Å². The van der Waals surface area contributed by atoms with Crippen molar-refractivity contribution in [1.29, 1.82) is 0 Å². The molecule has 0 saturated carbocycles. The molecule has 1 aromatic heterocycles. The Balaban J connectivity index is 2.33. The average Bonchev–Trinajstić information content (AvgIpc) is 2.90. The van der Waals surface area contributed by atoms with E-state index >= 15 is 0 Å². The van der Waals surface area contributed by atoms with Gasteiger partial charge < -0.3 is 9.84 Å². The molecule has 2 rings (SSSR count). The number of ether oxygens (including phenoxy) is 1. The van der Waals surface area contributed by atoms with Crippen LogP contribution >= 0.6 is 15.9 Å². The fourth-order valence-corrected chi connectivity index (χ4v) is 3.08. The standard InChI is InChI=1S/C12H17BrN2O3/c1-3-8-10(13)9(15(2)14-8)6-12(11(16)17)4-5-18-7-12/h3-7H2,1-2H3,(H,16,17). The van der Waals surface area contributed by atoms with Crippen LogP contribution in [0.1, 0.15) is 24.7 Å². The summed E-state index contributed by atoms with van der Waals surface area (Å²) in [5.41, 5.74) is 1.09. The molecule has 0 aromatic carbocycles. The summed E-state index contributed by atoms with van der Waals surface area (Å²) in [6.45, 7) is 2.83. The molecule has 2 heterocycles. The molecule has 1 unspecified atom stereocenters. The van der Waals surface area contributed by atoms with Crippen LogP contribution in [0.5, 0.6) is 0 Å². The van der Waals surface area contributed by atoms with Gasteiger partial charge >= 0.3 is 5.97 Å². The van der Waals surface area contributed by atoms with Gasteiger partial charge in [0.1, 0.15) is 0 Å². The number of aromatic nitrogens is 2. The van der Waals surface area contributed by atoms with Crippen LogP contribution in [-0.2, 0) is 29.4 Å². The lowest BCUT2D eigenvalue weighted by molar-refractivity contribution is -0.148. The molecule has 1 aliphatic rings. The predicted molar refractivity (Wildman–Crippen MR) is 69.5 cm³/mol. The van der Waals surface area contributed by atoms with Gasteiger partial charge in [-0.15, -0.1) is 0 Å². The van der Waals surface area contributed by atoms with E-state index in [0.717, 1.165) is 22.3 Å². The second kappa shape index (κ2) is 5.01. The molecule has 1 N–H and O–H groups in total. The highest BCUT2D eigenvalue weighted by Gasteiger charge is 2.43. The molecule has 6 heteroatoms. The van der Waals surface area contributed by atoms with Crippen LogP contribution in [0.15, 0.2) is 4.47 Å². The highest BCUT2D eigenvalue weighted by molar-refractivity contribution is 9.10. The largest absolute Gasteiger partial charge is 0.481 e. The number of nitrogens with zero attached hydrogens (tertiary/aromatic N) is 2. The van der Waals surface area contributed by atoms with Crippen molar-refractivity contribution < 1.29 is 14.6 Å². The summed E-state index contributed by atoms with van der Waals surface area (Å²) in [6.07, 6.45) is 1.83. The number of aliphatic carboxylic acids is 1. The van der Waals surface area contributed by atoms with Gasteiger partial charge in [0.2, 0.25) is 0 Å². The van der Waals surface area contributed by atoms with Gasteiger partial charge in [-0.2, -0.15) is 5.10 Å². The Morgan fingerprint density at radius 1 is 1.67 bits per heavy atom. The van der Waals surface area contributed by atoms with Crippen LogP contribution in [0, 0.1) is 5.41 Å². The molecule has 1 aromatic rings. The molecule has 0 radical (unpaired) electrons. The maximum Gasteiger partial charge on any atom is 0.312 e. The molecule has 0 spiro atoms. The van der Waals surface area contributed by atoms with Crippen molar-refractivity contribution >= 4 is 21.9 Å². The number of hydrogen-bond acceptors (Lipinski definition) is 3. The van der Waals surface area contributed by atoms with Gasteiger partial charge in [0, 0.05) is 20.1 Å². The first-order valence-corrected chi connectivity index (χ1v) is 6.81. The minimum absolute atomic E-state index is 0.279. The topological polar surface area (TPSA) is 64.4 Å². The molecule has 100 valence electrons. The molecular formula is C12H17BrN2O3. The first-order valence-electron chi connectivity index (χ1n) is 6.01. The average molecular weight is 317 g/mol. The van der Waals surface area contributed by atoms with E-state index in [1.165, 1.54) is 0 Å². The fourth-order valence-electron chi connectivity index (χ4n) is 2.32. The van der Waals surface area contributed by atoms with E-state index in [0.29, 0.717) is 19.4 Å². The van der Waals surface area contributed by atoms with E-state index in [9.17, 15) is 9.90 Å². The molecule has 0 aliphatic carbocycles. The van der Waals surface area contributed by atoms with E-state index < -0.39 is 11.4 Å². The lowest BCUT2D eigenvalue weighted by Crippen LogP contribution is -2.34. The maximum atomic E-state index is 11.5. The molecule has 1 saturated heterocycles. The first kappa shape index (κ1) is 13.5. The summed E-state index contributed by atoms with van der Waals surface area (Å²) in [6, 6.07) is 0. The van der Waals surface area contributed by atoms with Crippen molar-refractivity contribution in [2.24, 2.45) is 12.5 Å². The van der Waals surface area contributed by atoms with E-state index in [2.05, 4.69) is 21.0 Å². The Morgan fingerprint density at radius 3 is 2.83 bits per heavy atom. The second-order valence-corrected chi connectivity index (χ2v) is 5.54. The van der Waals surface area contributed by atoms with Crippen molar-refractivity contribution in [3.8, 4) is 0 Å². The van der Waals surface area contributed by atoms with Gasteiger partial charge in [-0.3, -0.25) is 9.48 Å². The third-order valence-corrected chi connectivity index (χ3v) is 4.48. The van der Waals surface area contributed by atoms with Crippen LogP contribution in [0.2, 0.25) is 0 Å². The van der Waals surface area contributed by atoms with Gasteiger partial charge in [-0.25, -0.2) is 0 Å². The first-order chi connectivity index (χ1) is 8.50. The van der Waals surface area contributed by atoms with E-state index in [1.54, 1.807) is 4.68 Å². The Hall–Kier alpha value is -0.880. The molecule has 1 fully saturated rings. The molecule has 0 bridgehead atoms. The lowest BCUT2D eigenvalue weighted by Gasteiger charge is -2.22. The van der Waals surface area contributed by atoms with Crippen molar-refractivity contribution in [3.05, 3.63) is 15.9 Å². The number of halogens is 1. The third-order valence-electron chi connectivity index (χ3n) is 3.57. The molecule has 1 aliphatic heterocycles. The Morgan fingerprint density at radius 2 is 2.39 bits per heavy atom. The summed E-state index contributed by atoms with van der Waals surface area (Å²) >= 11 is 3.53. The van der Waals surface area contributed by atoms with E-state index in [4.69, 9.17) is 4.74 Å². The number of rotatable bonds is 4. The molecular weight excluding hydrogens is 300 g/mol. The minimum atomic E-state index is -0.804. The normalized spacial score (nSPS) is 23.5. The van der Waals surface area contributed by atoms with Gasteiger partial charge in [-0.05, 0) is 28.8 Å². The van der Waals surface area contributed by atoms with Crippen molar-refractivity contribution in [2.45, 2.75) is 26.2 Å². The van der Waals surface area contributed by atoms with Gasteiger partial charge in [0.15, 0.2) is 0 Å². The smallest absolute Gasteiger partial charge is 0.312 e. The Kier molecular flexibility index (Phi) is 3.77. The zero-order valence-corrected chi connectivity index (χ0v) is 12.2. The lowest BCUT2D eigenvalue weighted by atomic mass is 9.82. The fraction of sp³-hybridized carbons (Fsp3) is 0.667. The van der Waals surface area contributed by atoms with Crippen LogP contribution in [0.4, 0.5) is 0 Å². The predicted octanol–water partition coefficient (Wildman–Crippen LogP) is 1.78. The van der Waals surface area contributed by atoms with Crippen LogP contribution < -0.4 is 0 Å². The zero-order valence-electron chi connectivity index (χ0n) is 10.6. The number of hydrogen-bond donors (Lipinski definition) is 1. The van der Waals surface area contributed by atoms with Crippen LogP contribution in [0.25, 0.3) is 0 Å². The molecule has 0 amide bonds. The summed E-state index contributed by atoms with van der Waals surface area (Å²) in [5, 5.41) is 13.8. The highest BCUT2D eigenvalue weighted by atomic mass is 79.9.